The van der Waals surface area contributed by atoms with Crippen molar-refractivity contribution in [3.05, 3.63) is 54.0 Å². The molecule has 0 spiro atoms. The number of nitriles is 1. The average molecular weight is 236 g/mol. The average Bonchev–Trinajstić information content (AvgIpc) is 2.96. The highest BCUT2D eigenvalue weighted by Gasteiger charge is 2.04. The van der Waals surface area contributed by atoms with Crippen LogP contribution >= 0.6 is 0 Å². The Labute approximate surface area is 105 Å². The van der Waals surface area contributed by atoms with Crippen molar-refractivity contribution in [2.45, 2.75) is 6.54 Å². The van der Waals surface area contributed by atoms with Gasteiger partial charge in [0.1, 0.15) is 0 Å². The third-order valence-corrected chi connectivity index (χ3v) is 3.00. The highest BCUT2D eigenvalue weighted by atomic mass is 15.3. The van der Waals surface area contributed by atoms with Crippen LogP contribution in [0.5, 0.6) is 0 Å². The number of hydrogen-bond donors (Lipinski definition) is 0. The maximum atomic E-state index is 8.87. The van der Waals surface area contributed by atoms with Gasteiger partial charge in [0, 0.05) is 30.3 Å². The second kappa shape index (κ2) is 4.04. The molecule has 2 heterocycles. The summed E-state index contributed by atoms with van der Waals surface area (Å²) >= 11 is 0. The summed E-state index contributed by atoms with van der Waals surface area (Å²) in [6, 6.07) is 11.9. The maximum absolute atomic E-state index is 8.87. The first-order chi connectivity index (χ1) is 8.76. The topological polar surface area (TPSA) is 46.5 Å². The van der Waals surface area contributed by atoms with Gasteiger partial charge in [0.2, 0.25) is 0 Å². The van der Waals surface area contributed by atoms with Crippen molar-refractivity contribution >= 4 is 10.9 Å². The summed E-state index contributed by atoms with van der Waals surface area (Å²) in [5.74, 6) is 0. The van der Waals surface area contributed by atoms with Gasteiger partial charge in [-0.05, 0) is 30.3 Å². The fraction of sp³-hybridized carbons (Fsp3) is 0.143. The maximum Gasteiger partial charge on any atom is 0.0991 e. The molecule has 88 valence electrons. The molecule has 0 aliphatic carbocycles. The van der Waals surface area contributed by atoms with E-state index in [0.29, 0.717) is 5.56 Å². The van der Waals surface area contributed by atoms with E-state index in [0.717, 1.165) is 23.1 Å². The van der Waals surface area contributed by atoms with E-state index in [1.54, 1.807) is 4.68 Å². The summed E-state index contributed by atoms with van der Waals surface area (Å²) in [5, 5.41) is 14.3. The lowest BCUT2D eigenvalue weighted by Gasteiger charge is -2.02. The number of aryl methyl sites for hydroxylation is 1. The largest absolute Gasteiger partial charge is 0.341 e. The van der Waals surface area contributed by atoms with Crippen LogP contribution in [0, 0.1) is 11.3 Å². The van der Waals surface area contributed by atoms with Crippen molar-refractivity contribution in [3.8, 4) is 6.07 Å². The Morgan fingerprint density at radius 2 is 2.11 bits per heavy atom. The fourth-order valence-corrected chi connectivity index (χ4v) is 2.13. The molecule has 3 aromatic rings. The van der Waals surface area contributed by atoms with Gasteiger partial charge in [-0.1, -0.05) is 0 Å². The minimum absolute atomic E-state index is 0.693. The third kappa shape index (κ3) is 1.76. The number of fused-ring (bicyclic) bond motifs is 1. The molecule has 0 fully saturated rings. The molecule has 18 heavy (non-hydrogen) atoms. The Bertz CT molecular complexity index is 743. The lowest BCUT2D eigenvalue weighted by atomic mass is 10.2. The van der Waals surface area contributed by atoms with Crippen molar-refractivity contribution < 1.29 is 0 Å². The van der Waals surface area contributed by atoms with E-state index in [9.17, 15) is 0 Å². The van der Waals surface area contributed by atoms with Crippen molar-refractivity contribution in [3.63, 3.8) is 0 Å². The molecular formula is C14H12N4. The Balaban J connectivity index is 2.00. The lowest BCUT2D eigenvalue weighted by molar-refractivity contribution is 0.716. The van der Waals surface area contributed by atoms with Crippen LogP contribution in [0.15, 0.2) is 42.7 Å². The summed E-state index contributed by atoms with van der Waals surface area (Å²) in [5.41, 5.74) is 2.84. The van der Waals surface area contributed by atoms with Gasteiger partial charge in [0.25, 0.3) is 0 Å². The minimum atomic E-state index is 0.693. The summed E-state index contributed by atoms with van der Waals surface area (Å²) < 4.78 is 3.94. The normalized spacial score (nSPS) is 10.7. The van der Waals surface area contributed by atoms with Gasteiger partial charge in [-0.3, -0.25) is 4.68 Å². The molecule has 2 aromatic heterocycles. The Kier molecular flexibility index (Phi) is 2.38. The zero-order valence-corrected chi connectivity index (χ0v) is 10.0. The highest BCUT2D eigenvalue weighted by molar-refractivity contribution is 5.81. The van der Waals surface area contributed by atoms with Crippen molar-refractivity contribution in [2.24, 2.45) is 7.05 Å². The zero-order chi connectivity index (χ0) is 12.5. The standard InChI is InChI=1S/C14H12N4/c1-17-6-5-13(16-17)10-18-7-4-12-8-11(9-15)2-3-14(12)18/h2-8H,10H2,1H3. The van der Waals surface area contributed by atoms with Crippen molar-refractivity contribution in [1.29, 1.82) is 5.26 Å². The predicted octanol–water partition coefficient (Wildman–Crippen LogP) is 2.29. The van der Waals surface area contributed by atoms with E-state index in [4.69, 9.17) is 5.26 Å². The van der Waals surface area contributed by atoms with Gasteiger partial charge in [-0.25, -0.2) is 0 Å². The monoisotopic (exact) mass is 236 g/mol. The quantitative estimate of drug-likeness (QED) is 0.685. The smallest absolute Gasteiger partial charge is 0.0991 e. The van der Waals surface area contributed by atoms with Gasteiger partial charge < -0.3 is 4.57 Å². The molecule has 3 rings (SSSR count). The minimum Gasteiger partial charge on any atom is -0.341 e. The Morgan fingerprint density at radius 1 is 1.22 bits per heavy atom. The SMILES string of the molecule is Cn1ccc(Cn2ccc3cc(C#N)ccc32)n1. The summed E-state index contributed by atoms with van der Waals surface area (Å²) in [6.07, 6.45) is 3.97. The number of rotatable bonds is 2. The van der Waals surface area contributed by atoms with Crippen LogP contribution in [0.3, 0.4) is 0 Å². The molecule has 0 N–H and O–H groups in total. The van der Waals surface area contributed by atoms with Crippen molar-refractivity contribution in [1.82, 2.24) is 14.3 Å². The molecule has 0 aliphatic rings. The fourth-order valence-electron chi connectivity index (χ4n) is 2.13. The van der Waals surface area contributed by atoms with E-state index < -0.39 is 0 Å². The summed E-state index contributed by atoms with van der Waals surface area (Å²) in [7, 11) is 1.91. The summed E-state index contributed by atoms with van der Waals surface area (Å²) in [4.78, 5) is 0. The molecule has 0 bridgehead atoms. The number of aromatic nitrogens is 3. The molecule has 0 aliphatic heterocycles. The van der Waals surface area contributed by atoms with Gasteiger partial charge in [-0.15, -0.1) is 0 Å². The Hall–Kier alpha value is -2.54. The molecular weight excluding hydrogens is 224 g/mol. The zero-order valence-electron chi connectivity index (χ0n) is 10.0. The van der Waals surface area contributed by atoms with Crippen LogP contribution in [-0.2, 0) is 13.6 Å². The second-order valence-corrected chi connectivity index (χ2v) is 4.31. The molecule has 0 unspecified atom stereocenters. The van der Waals surface area contributed by atoms with Crippen LogP contribution in [0.1, 0.15) is 11.3 Å². The van der Waals surface area contributed by atoms with Crippen molar-refractivity contribution in [2.75, 3.05) is 0 Å². The van der Waals surface area contributed by atoms with Gasteiger partial charge in [0.15, 0.2) is 0 Å². The van der Waals surface area contributed by atoms with Crippen LogP contribution in [-0.4, -0.2) is 14.3 Å². The lowest BCUT2D eigenvalue weighted by Crippen LogP contribution is -1.99. The molecule has 0 amide bonds. The van der Waals surface area contributed by atoms with Crippen LogP contribution in [0.25, 0.3) is 10.9 Å². The molecule has 1 aromatic carbocycles. The molecule has 0 atom stereocenters. The highest BCUT2D eigenvalue weighted by Crippen LogP contribution is 2.18. The first-order valence-electron chi connectivity index (χ1n) is 5.74. The Morgan fingerprint density at radius 3 is 2.83 bits per heavy atom. The number of benzene rings is 1. The molecule has 0 radical (unpaired) electrons. The first-order valence-corrected chi connectivity index (χ1v) is 5.74. The molecule has 0 saturated heterocycles. The molecule has 4 heteroatoms. The van der Waals surface area contributed by atoms with E-state index >= 15 is 0 Å². The van der Waals surface area contributed by atoms with Crippen LogP contribution in [0.2, 0.25) is 0 Å². The summed E-state index contributed by atoms with van der Waals surface area (Å²) in [6.45, 7) is 0.746. The number of hydrogen-bond acceptors (Lipinski definition) is 2. The number of nitrogens with zero attached hydrogens (tertiary/aromatic N) is 4. The predicted molar refractivity (Wildman–Crippen MR) is 69.0 cm³/mol. The third-order valence-electron chi connectivity index (χ3n) is 3.00. The second-order valence-electron chi connectivity index (χ2n) is 4.31. The van der Waals surface area contributed by atoms with Crippen LogP contribution < -0.4 is 0 Å². The van der Waals surface area contributed by atoms with E-state index in [1.807, 2.05) is 49.8 Å². The van der Waals surface area contributed by atoms with E-state index in [1.165, 1.54) is 0 Å². The van der Waals surface area contributed by atoms with Gasteiger partial charge in [-0.2, -0.15) is 10.4 Å². The molecule has 0 saturated carbocycles. The van der Waals surface area contributed by atoms with Gasteiger partial charge >= 0.3 is 0 Å². The first kappa shape index (κ1) is 10.6. The molecule has 4 nitrogen and oxygen atoms in total. The van der Waals surface area contributed by atoms with E-state index in [-0.39, 0.29) is 0 Å². The van der Waals surface area contributed by atoms with Gasteiger partial charge in [0.05, 0.1) is 23.9 Å². The van der Waals surface area contributed by atoms with E-state index in [2.05, 4.69) is 15.7 Å². The van der Waals surface area contributed by atoms with Crippen LogP contribution in [0.4, 0.5) is 0 Å².